The van der Waals surface area contributed by atoms with Crippen molar-refractivity contribution in [1.82, 2.24) is 4.90 Å². The number of ether oxygens (including phenoxy) is 1. The fraction of sp³-hybridized carbons (Fsp3) is 0.556. The van der Waals surface area contributed by atoms with Crippen molar-refractivity contribution in [3.63, 3.8) is 0 Å². The molecule has 5 nitrogen and oxygen atoms in total. The Morgan fingerprint density at radius 2 is 1.88 bits per heavy atom. The Hall–Kier alpha value is -2.25. The highest BCUT2D eigenvalue weighted by molar-refractivity contribution is 5.94. The predicted molar refractivity (Wildman–Crippen MR) is 89.7 cm³/mol. The first-order valence-electron chi connectivity index (χ1n) is 8.37. The van der Waals surface area contributed by atoms with Gasteiger partial charge in [-0.05, 0) is 51.3 Å². The van der Waals surface area contributed by atoms with Crippen molar-refractivity contribution >= 4 is 12.0 Å². The summed E-state index contributed by atoms with van der Waals surface area (Å²) in [4.78, 5) is 25.5. The van der Waals surface area contributed by atoms with E-state index in [0.29, 0.717) is 24.9 Å². The molecule has 1 aromatic rings. The van der Waals surface area contributed by atoms with Gasteiger partial charge in [-0.3, -0.25) is 4.79 Å². The summed E-state index contributed by atoms with van der Waals surface area (Å²) in [5.74, 6) is -1.19. The number of hydrogen-bond donors (Lipinski definition) is 1. The average Bonchev–Trinajstić information content (AvgIpc) is 2.52. The molecule has 0 radical (unpaired) electrons. The first kappa shape index (κ1) is 20.1. The lowest BCUT2D eigenvalue weighted by Gasteiger charge is -2.34. The zero-order valence-electron chi connectivity index (χ0n) is 15.0. The van der Waals surface area contributed by atoms with Gasteiger partial charge in [0, 0.05) is 24.6 Å². The van der Waals surface area contributed by atoms with Crippen LogP contribution < -0.4 is 5.73 Å². The first-order valence-corrected chi connectivity index (χ1v) is 8.37. The van der Waals surface area contributed by atoms with Crippen LogP contribution in [-0.2, 0) is 10.9 Å². The maximum Gasteiger partial charge on any atom is 0.416 e. The second-order valence-corrected chi connectivity index (χ2v) is 7.43. The number of nitrogens with zero attached hydrogens (tertiary/aromatic N) is 1. The summed E-state index contributed by atoms with van der Waals surface area (Å²) in [6, 6.07) is 3.00. The van der Waals surface area contributed by atoms with Crippen LogP contribution in [0.25, 0.3) is 0 Å². The Bertz CT molecular complexity index is 696. The molecule has 2 amide bonds. The lowest BCUT2D eigenvalue weighted by Crippen LogP contribution is -2.42. The lowest BCUT2D eigenvalue weighted by atomic mass is 9.86. The number of carbonyl (C=O) groups excluding carboxylic acids is 2. The molecule has 1 aliphatic heterocycles. The quantitative estimate of drug-likeness (QED) is 0.855. The Balaban J connectivity index is 2.27. The Morgan fingerprint density at radius 1 is 1.23 bits per heavy atom. The molecule has 1 aliphatic rings. The minimum atomic E-state index is -4.56. The number of alkyl halides is 3. The standard InChI is InChI=1S/C18H23F3N2O3/c1-17(2,3)26-16(25)23-8-4-5-11(10-23)13-7-6-12(18(19,20)21)9-14(13)15(22)24/h6-7,9,11H,4-5,8,10H2,1-3H3,(H2,22,24). The highest BCUT2D eigenvalue weighted by Crippen LogP contribution is 2.35. The molecule has 1 fully saturated rings. The van der Waals surface area contributed by atoms with Crippen LogP contribution in [-0.4, -0.2) is 35.6 Å². The van der Waals surface area contributed by atoms with E-state index in [1.807, 2.05) is 0 Å². The van der Waals surface area contributed by atoms with Crippen LogP contribution >= 0.6 is 0 Å². The summed E-state index contributed by atoms with van der Waals surface area (Å²) in [7, 11) is 0. The molecule has 1 atom stereocenters. The normalized spacial score (nSPS) is 18.5. The molecule has 1 saturated heterocycles. The van der Waals surface area contributed by atoms with Gasteiger partial charge in [-0.1, -0.05) is 6.07 Å². The Labute approximate surface area is 150 Å². The third kappa shape index (κ3) is 4.89. The SMILES string of the molecule is CC(C)(C)OC(=O)N1CCCC(c2ccc(C(F)(F)F)cc2C(N)=O)C1. The van der Waals surface area contributed by atoms with Crippen LogP contribution in [0, 0.1) is 0 Å². The van der Waals surface area contributed by atoms with E-state index in [0.717, 1.165) is 12.1 Å². The van der Waals surface area contributed by atoms with E-state index in [2.05, 4.69) is 0 Å². The summed E-state index contributed by atoms with van der Waals surface area (Å²) >= 11 is 0. The minimum absolute atomic E-state index is 0.157. The predicted octanol–water partition coefficient (Wildman–Crippen LogP) is 3.92. The van der Waals surface area contributed by atoms with Gasteiger partial charge >= 0.3 is 12.3 Å². The van der Waals surface area contributed by atoms with Gasteiger partial charge in [0.15, 0.2) is 0 Å². The van der Waals surface area contributed by atoms with Crippen LogP contribution in [0.5, 0.6) is 0 Å². The number of carbonyl (C=O) groups is 2. The van der Waals surface area contributed by atoms with Crippen LogP contribution in [0.4, 0.5) is 18.0 Å². The molecule has 0 spiro atoms. The molecule has 0 saturated carbocycles. The summed E-state index contributed by atoms with van der Waals surface area (Å²) in [5, 5.41) is 0. The van der Waals surface area contributed by atoms with Gasteiger partial charge in [0.2, 0.25) is 5.91 Å². The molecule has 2 N–H and O–H groups in total. The number of halogens is 3. The smallest absolute Gasteiger partial charge is 0.416 e. The number of nitrogens with two attached hydrogens (primary N) is 1. The largest absolute Gasteiger partial charge is 0.444 e. The van der Waals surface area contributed by atoms with Crippen molar-refractivity contribution in [2.24, 2.45) is 5.73 Å². The van der Waals surface area contributed by atoms with Gasteiger partial charge in [-0.25, -0.2) is 4.79 Å². The van der Waals surface area contributed by atoms with E-state index in [4.69, 9.17) is 10.5 Å². The topological polar surface area (TPSA) is 72.6 Å². The molecule has 1 heterocycles. The van der Waals surface area contributed by atoms with Gasteiger partial charge in [0.05, 0.1) is 5.56 Å². The van der Waals surface area contributed by atoms with Crippen molar-refractivity contribution in [2.75, 3.05) is 13.1 Å². The van der Waals surface area contributed by atoms with Gasteiger partial charge in [0.1, 0.15) is 5.60 Å². The molecule has 2 rings (SSSR count). The number of amides is 2. The van der Waals surface area contributed by atoms with Crippen molar-refractivity contribution < 1.29 is 27.5 Å². The molecule has 0 bridgehead atoms. The van der Waals surface area contributed by atoms with Gasteiger partial charge in [-0.2, -0.15) is 13.2 Å². The number of primary amides is 1. The van der Waals surface area contributed by atoms with Crippen LogP contribution in [0.15, 0.2) is 18.2 Å². The molecular weight excluding hydrogens is 349 g/mol. The van der Waals surface area contributed by atoms with Crippen LogP contribution in [0.1, 0.15) is 61.0 Å². The van der Waals surface area contributed by atoms with Crippen molar-refractivity contribution in [2.45, 2.75) is 51.3 Å². The number of hydrogen-bond acceptors (Lipinski definition) is 3. The van der Waals surface area contributed by atoms with E-state index in [9.17, 15) is 22.8 Å². The fourth-order valence-electron chi connectivity index (χ4n) is 3.03. The second kappa shape index (κ2) is 7.17. The van der Waals surface area contributed by atoms with Gasteiger partial charge in [-0.15, -0.1) is 0 Å². The fourth-order valence-corrected chi connectivity index (χ4v) is 3.03. The summed E-state index contributed by atoms with van der Waals surface area (Å²) in [5.41, 5.74) is 4.01. The number of piperidine rings is 1. The van der Waals surface area contributed by atoms with Crippen LogP contribution in [0.3, 0.4) is 0 Å². The maximum absolute atomic E-state index is 12.9. The monoisotopic (exact) mass is 372 g/mol. The average molecular weight is 372 g/mol. The third-order valence-electron chi connectivity index (χ3n) is 4.16. The van der Waals surface area contributed by atoms with Gasteiger partial charge < -0.3 is 15.4 Å². The molecular formula is C18H23F3N2O3. The Kier molecular flexibility index (Phi) is 5.53. The zero-order valence-corrected chi connectivity index (χ0v) is 15.0. The number of rotatable bonds is 2. The van der Waals surface area contributed by atoms with E-state index in [1.165, 1.54) is 11.0 Å². The van der Waals surface area contributed by atoms with E-state index in [1.54, 1.807) is 20.8 Å². The molecule has 26 heavy (non-hydrogen) atoms. The molecule has 8 heteroatoms. The zero-order chi connectivity index (χ0) is 19.7. The van der Waals surface area contributed by atoms with Gasteiger partial charge in [0.25, 0.3) is 0 Å². The second-order valence-electron chi connectivity index (χ2n) is 7.43. The molecule has 144 valence electrons. The van der Waals surface area contributed by atoms with Crippen LogP contribution in [0.2, 0.25) is 0 Å². The molecule has 0 aliphatic carbocycles. The number of likely N-dealkylation sites (tertiary alicyclic amines) is 1. The molecule has 1 aromatic carbocycles. The highest BCUT2D eigenvalue weighted by Gasteiger charge is 2.34. The maximum atomic E-state index is 12.9. The third-order valence-corrected chi connectivity index (χ3v) is 4.16. The number of benzene rings is 1. The first-order chi connectivity index (χ1) is 11.9. The molecule has 0 aromatic heterocycles. The summed E-state index contributed by atoms with van der Waals surface area (Å²) in [6.45, 7) is 6.03. The highest BCUT2D eigenvalue weighted by atomic mass is 19.4. The van der Waals surface area contributed by atoms with E-state index >= 15 is 0 Å². The van der Waals surface area contributed by atoms with E-state index in [-0.39, 0.29) is 18.0 Å². The van der Waals surface area contributed by atoms with Crippen molar-refractivity contribution in [3.05, 3.63) is 34.9 Å². The lowest BCUT2D eigenvalue weighted by molar-refractivity contribution is -0.137. The summed E-state index contributed by atoms with van der Waals surface area (Å²) < 4.78 is 44.1. The van der Waals surface area contributed by atoms with E-state index < -0.39 is 29.3 Å². The molecule has 1 unspecified atom stereocenters. The van der Waals surface area contributed by atoms with Crippen molar-refractivity contribution in [1.29, 1.82) is 0 Å². The summed E-state index contributed by atoms with van der Waals surface area (Å²) in [6.07, 6.45) is -3.74. The Morgan fingerprint density at radius 3 is 2.42 bits per heavy atom. The minimum Gasteiger partial charge on any atom is -0.444 e. The van der Waals surface area contributed by atoms with Crippen molar-refractivity contribution in [3.8, 4) is 0 Å².